The first-order valence-corrected chi connectivity index (χ1v) is 8.17. The first-order chi connectivity index (χ1) is 11.5. The maximum atomic E-state index is 11.7. The van der Waals surface area contributed by atoms with Crippen LogP contribution in [-0.2, 0) is 16.0 Å². The SMILES string of the molecule is CCCCc1oc2ccccc2c1/C=N\NC(=O)C(=O)NC(C)C. The molecule has 0 unspecified atom stereocenters. The lowest BCUT2D eigenvalue weighted by Gasteiger charge is -2.06. The normalized spacial score (nSPS) is 11.3. The van der Waals surface area contributed by atoms with Crippen LogP contribution in [0.2, 0.25) is 0 Å². The first-order valence-electron chi connectivity index (χ1n) is 8.17. The number of carbonyl (C=O) groups excluding carboxylic acids is 2. The van der Waals surface area contributed by atoms with E-state index in [-0.39, 0.29) is 6.04 Å². The zero-order valence-electron chi connectivity index (χ0n) is 14.3. The summed E-state index contributed by atoms with van der Waals surface area (Å²) in [6, 6.07) is 7.58. The molecule has 24 heavy (non-hydrogen) atoms. The summed E-state index contributed by atoms with van der Waals surface area (Å²) >= 11 is 0. The van der Waals surface area contributed by atoms with Crippen molar-refractivity contribution in [1.82, 2.24) is 10.7 Å². The van der Waals surface area contributed by atoms with E-state index in [9.17, 15) is 9.59 Å². The van der Waals surface area contributed by atoms with Crippen LogP contribution in [0.15, 0.2) is 33.8 Å². The maximum absolute atomic E-state index is 11.7. The third-order valence-electron chi connectivity index (χ3n) is 3.45. The molecule has 2 amide bonds. The average Bonchev–Trinajstić information content (AvgIpc) is 2.90. The number of rotatable bonds is 6. The number of aryl methyl sites for hydroxylation is 1. The Morgan fingerprint density at radius 3 is 2.71 bits per heavy atom. The number of furan rings is 1. The zero-order valence-corrected chi connectivity index (χ0v) is 14.3. The second-order valence-electron chi connectivity index (χ2n) is 5.87. The molecule has 6 nitrogen and oxygen atoms in total. The van der Waals surface area contributed by atoms with E-state index in [0.29, 0.717) is 0 Å². The number of nitrogens with zero attached hydrogens (tertiary/aromatic N) is 1. The van der Waals surface area contributed by atoms with Crippen LogP contribution in [0.3, 0.4) is 0 Å². The van der Waals surface area contributed by atoms with Crippen molar-refractivity contribution in [2.24, 2.45) is 5.10 Å². The number of benzene rings is 1. The molecule has 0 saturated heterocycles. The molecule has 0 radical (unpaired) electrons. The second kappa shape index (κ2) is 8.29. The van der Waals surface area contributed by atoms with E-state index in [0.717, 1.165) is 41.6 Å². The number of fused-ring (bicyclic) bond motifs is 1. The highest BCUT2D eigenvalue weighted by Crippen LogP contribution is 2.25. The Balaban J connectivity index is 2.15. The number of carbonyl (C=O) groups is 2. The molecule has 6 heteroatoms. The summed E-state index contributed by atoms with van der Waals surface area (Å²) in [5.74, 6) is -0.657. The molecule has 0 aliphatic carbocycles. The van der Waals surface area contributed by atoms with Crippen molar-refractivity contribution in [3.8, 4) is 0 Å². The van der Waals surface area contributed by atoms with Gasteiger partial charge in [0.2, 0.25) is 0 Å². The van der Waals surface area contributed by atoms with Gasteiger partial charge in [-0.2, -0.15) is 5.10 Å². The van der Waals surface area contributed by atoms with E-state index < -0.39 is 11.8 Å². The van der Waals surface area contributed by atoms with Crippen LogP contribution in [0.1, 0.15) is 44.9 Å². The summed E-state index contributed by atoms with van der Waals surface area (Å²) in [6.07, 6.45) is 4.40. The Morgan fingerprint density at radius 2 is 2.00 bits per heavy atom. The minimum Gasteiger partial charge on any atom is -0.460 e. The highest BCUT2D eigenvalue weighted by atomic mass is 16.3. The van der Waals surface area contributed by atoms with Crippen molar-refractivity contribution in [2.75, 3.05) is 0 Å². The average molecular weight is 329 g/mol. The fraction of sp³-hybridized carbons (Fsp3) is 0.389. The molecule has 2 aromatic rings. The number of nitrogens with one attached hydrogen (secondary N) is 2. The summed E-state index contributed by atoms with van der Waals surface area (Å²) in [6.45, 7) is 5.68. The van der Waals surface area contributed by atoms with Gasteiger partial charge in [0.25, 0.3) is 0 Å². The summed E-state index contributed by atoms with van der Waals surface area (Å²) in [5.41, 5.74) is 3.87. The van der Waals surface area contributed by atoms with Gasteiger partial charge in [-0.25, -0.2) is 5.43 Å². The molecule has 0 aliphatic rings. The predicted molar refractivity (Wildman–Crippen MR) is 93.8 cm³/mol. The summed E-state index contributed by atoms with van der Waals surface area (Å²) < 4.78 is 5.88. The van der Waals surface area contributed by atoms with Gasteiger partial charge in [-0.3, -0.25) is 9.59 Å². The number of unbranched alkanes of at least 4 members (excludes halogenated alkanes) is 1. The lowest BCUT2D eigenvalue weighted by Crippen LogP contribution is -2.41. The quantitative estimate of drug-likeness (QED) is 0.485. The van der Waals surface area contributed by atoms with Gasteiger partial charge in [0.15, 0.2) is 0 Å². The molecule has 2 rings (SSSR count). The van der Waals surface area contributed by atoms with Crippen molar-refractivity contribution >= 4 is 29.0 Å². The van der Waals surface area contributed by atoms with Crippen molar-refractivity contribution in [3.05, 3.63) is 35.6 Å². The number of hydrogen-bond acceptors (Lipinski definition) is 4. The number of para-hydroxylation sites is 1. The lowest BCUT2D eigenvalue weighted by atomic mass is 10.1. The van der Waals surface area contributed by atoms with Gasteiger partial charge in [-0.15, -0.1) is 0 Å². The molecule has 0 bridgehead atoms. The predicted octanol–water partition coefficient (Wildman–Crippen LogP) is 2.75. The molecule has 1 aromatic heterocycles. The monoisotopic (exact) mass is 329 g/mol. The lowest BCUT2D eigenvalue weighted by molar-refractivity contribution is -0.139. The van der Waals surface area contributed by atoms with Gasteiger partial charge in [0.1, 0.15) is 11.3 Å². The largest absolute Gasteiger partial charge is 0.460 e. The van der Waals surface area contributed by atoms with E-state index in [1.54, 1.807) is 13.8 Å². The van der Waals surface area contributed by atoms with E-state index in [1.165, 1.54) is 6.21 Å². The van der Waals surface area contributed by atoms with Crippen molar-refractivity contribution in [3.63, 3.8) is 0 Å². The third kappa shape index (κ3) is 4.44. The molecular formula is C18H23N3O3. The van der Waals surface area contributed by atoms with E-state index >= 15 is 0 Å². The fourth-order valence-electron chi connectivity index (χ4n) is 2.31. The molecule has 2 N–H and O–H groups in total. The van der Waals surface area contributed by atoms with Crippen molar-refractivity contribution in [2.45, 2.75) is 46.1 Å². The number of hydrogen-bond donors (Lipinski definition) is 2. The molecule has 1 aromatic carbocycles. The highest BCUT2D eigenvalue weighted by Gasteiger charge is 2.14. The first kappa shape index (κ1) is 17.7. The Bertz CT molecular complexity index is 747. The van der Waals surface area contributed by atoms with E-state index in [4.69, 9.17) is 4.42 Å². The topological polar surface area (TPSA) is 83.7 Å². The second-order valence-corrected chi connectivity index (χ2v) is 5.87. The fourth-order valence-corrected chi connectivity index (χ4v) is 2.31. The Hall–Kier alpha value is -2.63. The molecular weight excluding hydrogens is 306 g/mol. The Labute approximate surface area is 141 Å². The summed E-state index contributed by atoms with van der Waals surface area (Å²) in [4.78, 5) is 23.2. The molecule has 0 atom stereocenters. The van der Waals surface area contributed by atoms with Crippen LogP contribution >= 0.6 is 0 Å². The van der Waals surface area contributed by atoms with Crippen LogP contribution in [0.4, 0.5) is 0 Å². The van der Waals surface area contributed by atoms with Gasteiger partial charge in [0, 0.05) is 23.4 Å². The number of amides is 2. The van der Waals surface area contributed by atoms with E-state index in [2.05, 4.69) is 22.8 Å². The molecule has 0 fully saturated rings. The molecule has 1 heterocycles. The number of hydrazone groups is 1. The van der Waals surface area contributed by atoms with Gasteiger partial charge in [-0.05, 0) is 26.3 Å². The summed E-state index contributed by atoms with van der Waals surface area (Å²) in [5, 5.41) is 7.37. The van der Waals surface area contributed by atoms with Crippen molar-refractivity contribution < 1.29 is 14.0 Å². The molecule has 0 spiro atoms. The van der Waals surface area contributed by atoms with Crippen LogP contribution in [0.25, 0.3) is 11.0 Å². The standard InChI is InChI=1S/C18H23N3O3/c1-4-5-9-16-14(13-8-6-7-10-15(13)24-16)11-19-21-18(23)17(22)20-12(2)3/h6-8,10-12H,4-5,9H2,1-3H3,(H,20,22)(H,21,23)/b19-11-. The van der Waals surface area contributed by atoms with Gasteiger partial charge >= 0.3 is 11.8 Å². The van der Waals surface area contributed by atoms with Crippen LogP contribution < -0.4 is 10.7 Å². The maximum Gasteiger partial charge on any atom is 0.329 e. The van der Waals surface area contributed by atoms with Gasteiger partial charge < -0.3 is 9.73 Å². The summed E-state index contributed by atoms with van der Waals surface area (Å²) in [7, 11) is 0. The third-order valence-corrected chi connectivity index (χ3v) is 3.45. The Morgan fingerprint density at radius 1 is 1.25 bits per heavy atom. The van der Waals surface area contributed by atoms with Crippen LogP contribution in [-0.4, -0.2) is 24.1 Å². The highest BCUT2D eigenvalue weighted by molar-refractivity contribution is 6.35. The molecule has 0 saturated carbocycles. The smallest absolute Gasteiger partial charge is 0.329 e. The van der Waals surface area contributed by atoms with Crippen molar-refractivity contribution in [1.29, 1.82) is 0 Å². The van der Waals surface area contributed by atoms with E-state index in [1.807, 2.05) is 24.3 Å². The minimum atomic E-state index is -0.789. The zero-order chi connectivity index (χ0) is 17.5. The van der Waals surface area contributed by atoms with Gasteiger partial charge in [-0.1, -0.05) is 31.5 Å². The van der Waals surface area contributed by atoms with Crippen LogP contribution in [0, 0.1) is 0 Å². The minimum absolute atomic E-state index is 0.106. The Kier molecular flexibility index (Phi) is 6.12. The molecule has 0 aliphatic heterocycles. The van der Waals surface area contributed by atoms with Crippen LogP contribution in [0.5, 0.6) is 0 Å². The molecule has 128 valence electrons. The van der Waals surface area contributed by atoms with Gasteiger partial charge in [0.05, 0.1) is 6.21 Å².